The van der Waals surface area contributed by atoms with Crippen molar-refractivity contribution >= 4 is 17.5 Å². The number of carbonyl (C=O) groups is 1. The van der Waals surface area contributed by atoms with Crippen molar-refractivity contribution in [3.8, 4) is 6.07 Å². The summed E-state index contributed by atoms with van der Waals surface area (Å²) in [5.74, 6) is 1.02. The highest BCUT2D eigenvalue weighted by molar-refractivity contribution is 5.67. The second-order valence-electron chi connectivity index (χ2n) is 7.97. The van der Waals surface area contributed by atoms with Crippen LogP contribution >= 0.6 is 0 Å². The highest BCUT2D eigenvalue weighted by atomic mass is 16.5. The molecule has 0 bridgehead atoms. The average molecular weight is 418 g/mol. The number of anilines is 1. The highest BCUT2D eigenvalue weighted by Gasteiger charge is 2.26. The number of allylic oxidation sites excluding steroid dienone is 4. The van der Waals surface area contributed by atoms with E-state index >= 15 is 0 Å². The van der Waals surface area contributed by atoms with Gasteiger partial charge in [0.2, 0.25) is 0 Å². The summed E-state index contributed by atoms with van der Waals surface area (Å²) in [5.41, 5.74) is 5.92. The van der Waals surface area contributed by atoms with Crippen molar-refractivity contribution in [2.24, 2.45) is 0 Å². The molecular formula is C24H26N4O3. The maximum atomic E-state index is 10.9. The molecule has 160 valence electrons. The topological polar surface area (TPSA) is 91.4 Å². The molecule has 0 radical (unpaired) electrons. The van der Waals surface area contributed by atoms with Crippen LogP contribution in [0.4, 0.5) is 5.82 Å². The van der Waals surface area contributed by atoms with E-state index in [0.29, 0.717) is 18.5 Å². The van der Waals surface area contributed by atoms with Gasteiger partial charge in [0.1, 0.15) is 11.6 Å². The van der Waals surface area contributed by atoms with Gasteiger partial charge in [0.15, 0.2) is 5.82 Å². The van der Waals surface area contributed by atoms with E-state index in [-0.39, 0.29) is 6.42 Å². The first-order valence-electron chi connectivity index (χ1n) is 10.5. The molecule has 1 aromatic carbocycles. The second-order valence-corrected chi connectivity index (χ2v) is 7.97. The van der Waals surface area contributed by atoms with Crippen LogP contribution in [0.15, 0.2) is 36.1 Å². The largest absolute Gasteiger partial charge is 0.501 e. The molecule has 2 aliphatic rings. The summed E-state index contributed by atoms with van der Waals surface area (Å²) < 4.78 is 7.26. The smallest absolute Gasteiger partial charge is 0.303 e. The first-order chi connectivity index (χ1) is 15.0. The van der Waals surface area contributed by atoms with E-state index in [1.54, 1.807) is 7.11 Å². The Labute approximate surface area is 181 Å². The summed E-state index contributed by atoms with van der Waals surface area (Å²) in [7, 11) is 1.68. The lowest BCUT2D eigenvalue weighted by Crippen LogP contribution is -2.32. The van der Waals surface area contributed by atoms with Gasteiger partial charge in [0.25, 0.3) is 0 Å². The number of rotatable bonds is 6. The number of carboxylic acids is 1. The lowest BCUT2D eigenvalue weighted by molar-refractivity contribution is -0.136. The van der Waals surface area contributed by atoms with Crippen molar-refractivity contribution in [1.29, 1.82) is 5.26 Å². The van der Waals surface area contributed by atoms with Crippen molar-refractivity contribution in [3.05, 3.63) is 64.1 Å². The highest BCUT2D eigenvalue weighted by Crippen LogP contribution is 2.34. The number of carboxylic acid groups (broad SMARTS) is 1. The Hall–Kier alpha value is -3.53. The van der Waals surface area contributed by atoms with Crippen LogP contribution < -0.4 is 4.90 Å². The zero-order chi connectivity index (χ0) is 22.0. The van der Waals surface area contributed by atoms with Gasteiger partial charge in [-0.05, 0) is 55.0 Å². The number of fused-ring (bicyclic) bond motifs is 1. The van der Waals surface area contributed by atoms with Gasteiger partial charge in [0.05, 0.1) is 18.6 Å². The van der Waals surface area contributed by atoms with E-state index in [9.17, 15) is 10.1 Å². The number of aromatic nitrogens is 2. The Morgan fingerprint density at radius 3 is 2.77 bits per heavy atom. The average Bonchev–Trinajstić information content (AvgIpc) is 3.13. The van der Waals surface area contributed by atoms with Crippen LogP contribution in [0.5, 0.6) is 0 Å². The lowest BCUT2D eigenvalue weighted by Gasteiger charge is -2.32. The van der Waals surface area contributed by atoms with Crippen molar-refractivity contribution in [2.75, 3.05) is 18.6 Å². The molecule has 1 aliphatic heterocycles. The molecule has 31 heavy (non-hydrogen) atoms. The number of nitrogens with zero attached hydrogens (tertiary/aromatic N) is 4. The number of ether oxygens (including phenoxy) is 1. The van der Waals surface area contributed by atoms with Crippen LogP contribution in [0.25, 0.3) is 5.70 Å². The molecule has 0 unspecified atom stereocenters. The van der Waals surface area contributed by atoms with Gasteiger partial charge in [0, 0.05) is 31.6 Å². The van der Waals surface area contributed by atoms with E-state index < -0.39 is 5.97 Å². The summed E-state index contributed by atoms with van der Waals surface area (Å²) in [6.45, 7) is 3.35. The maximum absolute atomic E-state index is 10.9. The number of hydrogen-bond acceptors (Lipinski definition) is 5. The predicted octanol–water partition coefficient (Wildman–Crippen LogP) is 3.81. The molecule has 0 spiro atoms. The fourth-order valence-corrected chi connectivity index (χ4v) is 4.29. The Morgan fingerprint density at radius 1 is 1.26 bits per heavy atom. The van der Waals surface area contributed by atoms with E-state index in [4.69, 9.17) is 14.9 Å². The van der Waals surface area contributed by atoms with Crippen molar-refractivity contribution in [2.45, 2.75) is 45.6 Å². The molecule has 0 atom stereocenters. The molecule has 7 nitrogen and oxygen atoms in total. The number of benzene rings is 1. The zero-order valence-electron chi connectivity index (χ0n) is 17.9. The standard InChI is InChI=1S/C24H26N4O3/c1-16-22(14-25)24(28(26-16)20-6-8-21(31-2)9-7-20)27-12-11-18-13-17(4-10-23(29)30)3-5-19(18)15-27/h3,5-6,8,13H,4,7,9-12,15H2,1-2H3,(H,29,30). The summed E-state index contributed by atoms with van der Waals surface area (Å²) in [6.07, 6.45) is 7.13. The number of aryl methyl sites for hydroxylation is 2. The minimum absolute atomic E-state index is 0.142. The number of hydrogen-bond donors (Lipinski definition) is 1. The molecule has 0 saturated carbocycles. The van der Waals surface area contributed by atoms with Gasteiger partial charge in [-0.3, -0.25) is 4.79 Å². The Morgan fingerprint density at radius 2 is 2.10 bits per heavy atom. The van der Waals surface area contributed by atoms with E-state index in [1.165, 1.54) is 11.1 Å². The Bertz CT molecular complexity index is 1120. The first-order valence-corrected chi connectivity index (χ1v) is 10.5. The van der Waals surface area contributed by atoms with Gasteiger partial charge in [-0.2, -0.15) is 10.4 Å². The Kier molecular flexibility index (Phi) is 5.81. The maximum Gasteiger partial charge on any atom is 0.303 e. The van der Waals surface area contributed by atoms with Gasteiger partial charge in [-0.15, -0.1) is 0 Å². The van der Waals surface area contributed by atoms with Crippen molar-refractivity contribution in [3.63, 3.8) is 0 Å². The van der Waals surface area contributed by atoms with Crippen LogP contribution in [-0.4, -0.2) is 34.5 Å². The Balaban J connectivity index is 1.64. The summed E-state index contributed by atoms with van der Waals surface area (Å²) in [5, 5.41) is 23.5. The molecule has 7 heteroatoms. The van der Waals surface area contributed by atoms with Crippen LogP contribution in [0.1, 0.15) is 47.2 Å². The zero-order valence-corrected chi connectivity index (χ0v) is 17.9. The predicted molar refractivity (Wildman–Crippen MR) is 117 cm³/mol. The van der Waals surface area contributed by atoms with Crippen LogP contribution in [0.3, 0.4) is 0 Å². The molecule has 0 fully saturated rings. The fourth-order valence-electron chi connectivity index (χ4n) is 4.29. The number of aliphatic carboxylic acids is 1. The molecule has 1 aromatic heterocycles. The van der Waals surface area contributed by atoms with Crippen molar-refractivity contribution < 1.29 is 14.6 Å². The van der Waals surface area contributed by atoms with Gasteiger partial charge < -0.3 is 14.7 Å². The third kappa shape index (κ3) is 4.19. The molecule has 1 N–H and O–H groups in total. The van der Waals surface area contributed by atoms with Gasteiger partial charge in [-0.25, -0.2) is 4.68 Å². The summed E-state index contributed by atoms with van der Waals surface area (Å²) >= 11 is 0. The molecule has 0 amide bonds. The van der Waals surface area contributed by atoms with Crippen molar-refractivity contribution in [1.82, 2.24) is 9.78 Å². The number of methoxy groups -OCH3 is 1. The van der Waals surface area contributed by atoms with E-state index in [2.05, 4.69) is 23.1 Å². The van der Waals surface area contributed by atoms with Crippen LogP contribution in [0.2, 0.25) is 0 Å². The van der Waals surface area contributed by atoms with Gasteiger partial charge >= 0.3 is 5.97 Å². The molecule has 1 aliphatic carbocycles. The lowest BCUT2D eigenvalue weighted by atomic mass is 9.95. The van der Waals surface area contributed by atoms with Crippen LogP contribution in [-0.2, 0) is 28.9 Å². The summed E-state index contributed by atoms with van der Waals surface area (Å²) in [6, 6.07) is 8.58. The molecular weight excluding hydrogens is 392 g/mol. The fraction of sp³-hybridized carbons (Fsp3) is 0.375. The first kappa shape index (κ1) is 20.7. The molecule has 4 rings (SSSR count). The molecule has 2 heterocycles. The third-order valence-electron chi connectivity index (χ3n) is 5.98. The molecule has 2 aromatic rings. The van der Waals surface area contributed by atoms with Gasteiger partial charge in [-0.1, -0.05) is 18.2 Å². The number of nitriles is 1. The molecule has 0 saturated heterocycles. The third-order valence-corrected chi connectivity index (χ3v) is 5.98. The second kappa shape index (κ2) is 8.68. The minimum atomic E-state index is -0.777. The minimum Gasteiger partial charge on any atom is -0.501 e. The monoisotopic (exact) mass is 418 g/mol. The quantitative estimate of drug-likeness (QED) is 0.767. The normalized spacial score (nSPS) is 15.6. The SMILES string of the molecule is COC1=CC=C(n2nc(C)c(C#N)c2N2CCc3cc(CCC(=O)O)ccc3C2)CC1. The van der Waals surface area contributed by atoms with Crippen LogP contribution in [0, 0.1) is 18.3 Å². The summed E-state index contributed by atoms with van der Waals surface area (Å²) in [4.78, 5) is 13.1. The van der Waals surface area contributed by atoms with E-state index in [0.717, 1.165) is 54.3 Å². The van der Waals surface area contributed by atoms with E-state index in [1.807, 2.05) is 29.8 Å².